The fourth-order valence-corrected chi connectivity index (χ4v) is 4.73. The molecule has 2 atom stereocenters. The lowest BCUT2D eigenvalue weighted by Crippen LogP contribution is -2.52. The summed E-state index contributed by atoms with van der Waals surface area (Å²) in [5.74, 6) is 0. The minimum atomic E-state index is -0.925. The lowest BCUT2D eigenvalue weighted by molar-refractivity contribution is 0.149. The van der Waals surface area contributed by atoms with E-state index in [2.05, 4.69) is 24.5 Å². The first-order chi connectivity index (χ1) is 6.46. The number of hydrogen-bond acceptors (Lipinski definition) is 2. The minimum Gasteiger partial charge on any atom is -0.328 e. The molecule has 2 aliphatic heterocycles. The molecule has 14 heavy (non-hydrogen) atoms. The maximum Gasteiger partial charge on any atom is 0.0599 e. The van der Waals surface area contributed by atoms with Gasteiger partial charge in [0, 0.05) is 18.1 Å². The van der Waals surface area contributed by atoms with Crippen LogP contribution in [0.15, 0.2) is 0 Å². The molecule has 0 spiro atoms. The van der Waals surface area contributed by atoms with Gasteiger partial charge in [-0.3, -0.25) is 0 Å². The van der Waals surface area contributed by atoms with Crippen LogP contribution in [0.3, 0.4) is 0 Å². The first kappa shape index (κ1) is 10.6. The number of nitrogens with two attached hydrogens (primary N) is 1. The molecule has 2 unspecified atom stereocenters. The number of fused-ring (bicyclic) bond motifs is 2. The van der Waals surface area contributed by atoms with Gasteiger partial charge in [-0.15, -0.1) is 0 Å². The van der Waals surface area contributed by atoms with Gasteiger partial charge in [0.25, 0.3) is 0 Å². The highest BCUT2D eigenvalue weighted by Gasteiger charge is 2.40. The molecule has 2 fully saturated rings. The van der Waals surface area contributed by atoms with E-state index >= 15 is 0 Å². The predicted octanol–water partition coefficient (Wildman–Crippen LogP) is 1.82. The Kier molecular flexibility index (Phi) is 2.75. The van der Waals surface area contributed by atoms with Crippen molar-refractivity contribution in [2.45, 2.75) is 63.4 Å². The molecule has 2 rings (SSSR count). The Morgan fingerprint density at radius 3 is 2.07 bits per heavy atom. The number of rotatable bonds is 2. The van der Waals surface area contributed by atoms with Crippen molar-refractivity contribution in [1.82, 2.24) is 4.90 Å². The minimum absolute atomic E-state index is 0.491. The molecule has 82 valence electrons. The normalized spacial score (nSPS) is 39.0. The van der Waals surface area contributed by atoms with E-state index in [1.165, 1.54) is 31.9 Å². The lowest BCUT2D eigenvalue weighted by atomic mass is 9.99. The van der Waals surface area contributed by atoms with E-state index in [-0.39, 0.29) is 0 Å². The van der Waals surface area contributed by atoms with Crippen LogP contribution in [0.2, 0.25) is 19.6 Å². The van der Waals surface area contributed by atoms with Gasteiger partial charge in [-0.1, -0.05) is 19.6 Å². The molecule has 2 N–H and O–H groups in total. The molecule has 0 amide bonds. The van der Waals surface area contributed by atoms with Crippen molar-refractivity contribution >= 4 is 8.07 Å². The van der Waals surface area contributed by atoms with Crippen LogP contribution in [0.5, 0.6) is 0 Å². The van der Waals surface area contributed by atoms with Crippen LogP contribution in [0.4, 0.5) is 0 Å². The topological polar surface area (TPSA) is 29.3 Å². The van der Waals surface area contributed by atoms with Crippen molar-refractivity contribution in [3.63, 3.8) is 0 Å². The van der Waals surface area contributed by atoms with Crippen molar-refractivity contribution in [3.05, 3.63) is 0 Å². The summed E-state index contributed by atoms with van der Waals surface area (Å²) in [7, 11) is -0.925. The third kappa shape index (κ3) is 2.20. The van der Waals surface area contributed by atoms with Crippen LogP contribution in [-0.2, 0) is 0 Å². The molecule has 2 saturated heterocycles. The Morgan fingerprint density at radius 2 is 1.64 bits per heavy atom. The summed E-state index contributed by atoms with van der Waals surface area (Å²) < 4.78 is 0. The molecule has 0 aromatic carbocycles. The average Bonchev–Trinajstić information content (AvgIpc) is 2.31. The van der Waals surface area contributed by atoms with Gasteiger partial charge in [-0.05, 0) is 31.9 Å². The van der Waals surface area contributed by atoms with Gasteiger partial charge in [0.2, 0.25) is 0 Å². The van der Waals surface area contributed by atoms with Crippen LogP contribution in [0.1, 0.15) is 25.7 Å². The summed E-state index contributed by atoms with van der Waals surface area (Å²) >= 11 is 0. The van der Waals surface area contributed by atoms with E-state index in [9.17, 15) is 0 Å². The van der Waals surface area contributed by atoms with Crippen LogP contribution in [0, 0.1) is 0 Å². The summed E-state index contributed by atoms with van der Waals surface area (Å²) in [4.78, 5) is 2.79. The molecule has 2 aliphatic rings. The third-order valence-corrected chi connectivity index (χ3v) is 4.89. The summed E-state index contributed by atoms with van der Waals surface area (Å²) in [5, 5.41) is 0. The predicted molar refractivity (Wildman–Crippen MR) is 64.1 cm³/mol. The molecule has 0 radical (unpaired) electrons. The largest absolute Gasteiger partial charge is 0.328 e. The van der Waals surface area contributed by atoms with E-state index in [0.717, 1.165) is 12.1 Å². The van der Waals surface area contributed by atoms with Gasteiger partial charge in [0.05, 0.1) is 8.07 Å². The first-order valence-electron chi connectivity index (χ1n) is 5.97. The van der Waals surface area contributed by atoms with E-state index < -0.39 is 8.07 Å². The zero-order valence-corrected chi connectivity index (χ0v) is 10.8. The van der Waals surface area contributed by atoms with Gasteiger partial charge in [0.1, 0.15) is 0 Å². The maximum absolute atomic E-state index is 6.07. The molecule has 0 aliphatic carbocycles. The smallest absolute Gasteiger partial charge is 0.0599 e. The molecule has 2 heterocycles. The highest BCUT2D eigenvalue weighted by Crippen LogP contribution is 2.35. The van der Waals surface area contributed by atoms with Gasteiger partial charge < -0.3 is 10.6 Å². The highest BCUT2D eigenvalue weighted by atomic mass is 28.3. The van der Waals surface area contributed by atoms with Crippen molar-refractivity contribution in [2.75, 3.05) is 6.17 Å². The zero-order valence-electron chi connectivity index (χ0n) is 9.79. The summed E-state index contributed by atoms with van der Waals surface area (Å²) in [6, 6.07) is 2.15. The van der Waals surface area contributed by atoms with Crippen molar-refractivity contribution < 1.29 is 0 Å². The van der Waals surface area contributed by atoms with Crippen LogP contribution >= 0.6 is 0 Å². The van der Waals surface area contributed by atoms with Gasteiger partial charge in [0.15, 0.2) is 0 Å². The Hall–Kier alpha value is 0.137. The monoisotopic (exact) mass is 212 g/mol. The van der Waals surface area contributed by atoms with Crippen LogP contribution < -0.4 is 5.73 Å². The Morgan fingerprint density at radius 1 is 1.14 bits per heavy atom. The second-order valence-corrected chi connectivity index (χ2v) is 11.8. The quantitative estimate of drug-likeness (QED) is 0.708. The lowest BCUT2D eigenvalue weighted by Gasteiger charge is -2.40. The molecule has 0 aromatic heterocycles. The fourth-order valence-electron chi connectivity index (χ4n) is 3.12. The fraction of sp³-hybridized carbons (Fsp3) is 1.00. The average molecular weight is 212 g/mol. The zero-order chi connectivity index (χ0) is 10.3. The maximum atomic E-state index is 6.07. The van der Waals surface area contributed by atoms with Crippen molar-refractivity contribution in [1.29, 1.82) is 0 Å². The Bertz CT molecular complexity index is 198. The molecule has 3 heteroatoms. The van der Waals surface area contributed by atoms with Gasteiger partial charge >= 0.3 is 0 Å². The molecular formula is C11H24N2Si. The summed E-state index contributed by atoms with van der Waals surface area (Å²) in [6.45, 7) is 7.42. The number of nitrogens with zero attached hydrogens (tertiary/aromatic N) is 1. The van der Waals surface area contributed by atoms with Crippen LogP contribution in [-0.4, -0.2) is 37.3 Å². The Labute approximate surface area is 88.9 Å². The van der Waals surface area contributed by atoms with E-state index in [4.69, 9.17) is 5.73 Å². The van der Waals surface area contributed by atoms with E-state index in [1.807, 2.05) is 0 Å². The molecule has 0 saturated carbocycles. The first-order valence-corrected chi connectivity index (χ1v) is 9.68. The third-order valence-electron chi connectivity index (χ3n) is 3.58. The van der Waals surface area contributed by atoms with E-state index in [1.54, 1.807) is 0 Å². The molecule has 0 aromatic rings. The van der Waals surface area contributed by atoms with E-state index in [0.29, 0.717) is 6.04 Å². The number of piperidine rings is 1. The van der Waals surface area contributed by atoms with Crippen molar-refractivity contribution in [2.24, 2.45) is 5.73 Å². The SMILES string of the molecule is C[Si](C)(C)CN1C2CCC1CC(N)C2. The summed E-state index contributed by atoms with van der Waals surface area (Å²) in [6.07, 6.45) is 6.70. The highest BCUT2D eigenvalue weighted by molar-refractivity contribution is 6.76. The number of hydrogen-bond donors (Lipinski definition) is 1. The standard InChI is InChI=1S/C11H24N2Si/c1-14(2,3)8-13-10-4-5-11(13)7-9(12)6-10/h9-11H,4-8,12H2,1-3H3. The van der Waals surface area contributed by atoms with Crippen molar-refractivity contribution in [3.8, 4) is 0 Å². The Balaban J connectivity index is 2.01. The van der Waals surface area contributed by atoms with Gasteiger partial charge in [-0.2, -0.15) is 0 Å². The molecule has 2 bridgehead atoms. The van der Waals surface area contributed by atoms with Gasteiger partial charge in [-0.25, -0.2) is 0 Å². The second kappa shape index (κ2) is 3.61. The molecule has 2 nitrogen and oxygen atoms in total. The summed E-state index contributed by atoms with van der Waals surface area (Å²) in [5.41, 5.74) is 6.07. The molecular weight excluding hydrogens is 188 g/mol. The second-order valence-electron chi connectivity index (χ2n) is 6.35. The van der Waals surface area contributed by atoms with Crippen LogP contribution in [0.25, 0.3) is 0 Å².